The molecule has 12 heteroatoms. The summed E-state index contributed by atoms with van der Waals surface area (Å²) >= 11 is 0. The summed E-state index contributed by atoms with van der Waals surface area (Å²) in [6, 6.07) is 8.91. The molecule has 0 bridgehead atoms. The Morgan fingerprint density at radius 3 is 2.45 bits per heavy atom. The third-order valence-corrected chi connectivity index (χ3v) is 7.47. The highest BCUT2D eigenvalue weighted by Crippen LogP contribution is 2.29. The number of halogens is 2. The van der Waals surface area contributed by atoms with E-state index in [4.69, 9.17) is 0 Å². The number of carbonyl (C=O) groups is 1. The van der Waals surface area contributed by atoms with Crippen molar-refractivity contribution >= 4 is 15.9 Å². The number of aliphatic hydroxyl groups excluding tert-OH is 1. The van der Waals surface area contributed by atoms with Crippen LogP contribution in [-0.2, 0) is 34.5 Å². The summed E-state index contributed by atoms with van der Waals surface area (Å²) in [5, 5.41) is 17.9. The van der Waals surface area contributed by atoms with Gasteiger partial charge in [0.1, 0.15) is 11.4 Å². The van der Waals surface area contributed by atoms with Crippen molar-refractivity contribution in [2.24, 2.45) is 0 Å². The predicted octanol–water partition coefficient (Wildman–Crippen LogP) is 1.82. The number of benzene rings is 1. The normalized spacial score (nSPS) is 14.7. The van der Waals surface area contributed by atoms with Crippen molar-refractivity contribution in [1.82, 2.24) is 23.9 Å². The summed E-state index contributed by atoms with van der Waals surface area (Å²) < 4.78 is 53.7. The first-order valence-corrected chi connectivity index (χ1v) is 11.7. The number of alkyl halides is 2. The Kier molecular flexibility index (Phi) is 6.06. The van der Waals surface area contributed by atoms with Crippen molar-refractivity contribution in [2.75, 3.05) is 6.61 Å². The monoisotopic (exact) mass is 479 g/mol. The van der Waals surface area contributed by atoms with Crippen LogP contribution in [0.1, 0.15) is 34.1 Å². The highest BCUT2D eigenvalue weighted by atomic mass is 32.2. The highest BCUT2D eigenvalue weighted by molar-refractivity contribution is 7.90. The molecule has 0 radical (unpaired) electrons. The Morgan fingerprint density at radius 2 is 1.85 bits per heavy atom. The topological polar surface area (TPSA) is 110 Å². The molecule has 2 aromatic heterocycles. The maximum Gasteiger partial charge on any atom is 0.286 e. The van der Waals surface area contributed by atoms with Crippen LogP contribution < -0.4 is 0 Å². The fourth-order valence-corrected chi connectivity index (χ4v) is 5.65. The summed E-state index contributed by atoms with van der Waals surface area (Å²) in [4.78, 5) is 14.3. The Labute approximate surface area is 189 Å². The lowest BCUT2D eigenvalue weighted by Gasteiger charge is -2.22. The lowest BCUT2D eigenvalue weighted by Crippen LogP contribution is -2.33. The molecular weight excluding hydrogens is 456 g/mol. The number of carbonyl (C=O) groups excluding carboxylic acids is 1. The zero-order valence-corrected chi connectivity index (χ0v) is 18.8. The van der Waals surface area contributed by atoms with E-state index in [1.807, 2.05) is 6.07 Å². The molecule has 1 aromatic carbocycles. The molecule has 0 fully saturated rings. The molecule has 3 heterocycles. The lowest BCUT2D eigenvalue weighted by molar-refractivity contribution is -0.134. The Hall–Kier alpha value is -3.12. The molecule has 1 amide bonds. The molecule has 1 atom stereocenters. The molecule has 1 aliphatic heterocycles. The molecule has 0 saturated carbocycles. The van der Waals surface area contributed by atoms with E-state index in [1.165, 1.54) is 24.9 Å². The fourth-order valence-electron chi connectivity index (χ4n) is 4.09. The zero-order chi connectivity index (χ0) is 23.9. The van der Waals surface area contributed by atoms with Crippen molar-refractivity contribution in [3.05, 3.63) is 64.7 Å². The van der Waals surface area contributed by atoms with Crippen molar-refractivity contribution < 1.29 is 27.1 Å². The van der Waals surface area contributed by atoms with Gasteiger partial charge in [-0.1, -0.05) is 30.3 Å². The molecule has 0 spiro atoms. The van der Waals surface area contributed by atoms with Crippen molar-refractivity contribution in [1.29, 1.82) is 0 Å². The largest absolute Gasteiger partial charge is 0.395 e. The first kappa shape index (κ1) is 23.1. The highest BCUT2D eigenvalue weighted by Gasteiger charge is 2.34. The van der Waals surface area contributed by atoms with Crippen LogP contribution in [0, 0.1) is 13.8 Å². The third-order valence-electron chi connectivity index (χ3n) is 5.68. The van der Waals surface area contributed by atoms with E-state index >= 15 is 0 Å². The van der Waals surface area contributed by atoms with E-state index in [1.54, 1.807) is 24.3 Å². The lowest BCUT2D eigenvalue weighted by atomic mass is 9.98. The summed E-state index contributed by atoms with van der Waals surface area (Å²) in [7, 11) is -4.16. The van der Waals surface area contributed by atoms with Gasteiger partial charge in [-0.15, -0.1) is 0 Å². The van der Waals surface area contributed by atoms with Gasteiger partial charge in [0.25, 0.3) is 16.4 Å². The van der Waals surface area contributed by atoms with Crippen molar-refractivity contribution in [3.8, 4) is 0 Å². The SMILES string of the molecule is Cc1nn(CC(F)F)c(C)c1S(=O)(=O)n1cc2c(n1)CN(C(=O)[C@@H](CO)c1ccccc1)C2. The Balaban J connectivity index is 1.57. The maximum atomic E-state index is 13.2. The molecule has 1 N–H and O–H groups in total. The second-order valence-corrected chi connectivity index (χ2v) is 9.62. The number of fused-ring (bicyclic) bond motifs is 1. The first-order chi connectivity index (χ1) is 15.6. The van der Waals surface area contributed by atoms with Gasteiger partial charge < -0.3 is 10.0 Å². The van der Waals surface area contributed by atoms with Crippen molar-refractivity contribution in [3.63, 3.8) is 0 Å². The number of nitrogens with zero attached hydrogens (tertiary/aromatic N) is 5. The number of hydrogen-bond acceptors (Lipinski definition) is 6. The van der Waals surface area contributed by atoms with E-state index in [-0.39, 0.29) is 41.9 Å². The zero-order valence-electron chi connectivity index (χ0n) is 18.0. The van der Waals surface area contributed by atoms with Gasteiger partial charge in [-0.25, -0.2) is 8.78 Å². The molecule has 0 aliphatic carbocycles. The van der Waals surface area contributed by atoms with Crippen LogP contribution in [0.25, 0.3) is 0 Å². The fraction of sp³-hybridized carbons (Fsp3) is 0.381. The van der Waals surface area contributed by atoms with Gasteiger partial charge in [-0.2, -0.15) is 22.7 Å². The summed E-state index contributed by atoms with van der Waals surface area (Å²) in [6.45, 7) is 2.05. The maximum absolute atomic E-state index is 13.2. The Bertz CT molecular complexity index is 1260. The number of hydrogen-bond donors (Lipinski definition) is 1. The third kappa shape index (κ3) is 4.15. The van der Waals surface area contributed by atoms with E-state index in [2.05, 4.69) is 10.2 Å². The number of aliphatic hydroxyl groups is 1. The van der Waals surface area contributed by atoms with E-state index in [9.17, 15) is 27.1 Å². The molecule has 3 aromatic rings. The van der Waals surface area contributed by atoms with Gasteiger partial charge in [-0.3, -0.25) is 9.48 Å². The first-order valence-electron chi connectivity index (χ1n) is 10.2. The van der Waals surface area contributed by atoms with E-state index < -0.39 is 28.9 Å². The molecule has 4 rings (SSSR count). The molecular formula is C21H23F2N5O4S. The average Bonchev–Trinajstić information content (AvgIpc) is 3.41. The van der Waals surface area contributed by atoms with Crippen LogP contribution >= 0.6 is 0 Å². The summed E-state index contributed by atoms with van der Waals surface area (Å²) in [5.74, 6) is -1.01. The molecule has 0 unspecified atom stereocenters. The molecule has 176 valence electrons. The number of aromatic nitrogens is 4. The smallest absolute Gasteiger partial charge is 0.286 e. The second kappa shape index (κ2) is 8.67. The van der Waals surface area contributed by atoms with Crippen LogP contribution in [0.5, 0.6) is 0 Å². The van der Waals surface area contributed by atoms with Gasteiger partial charge in [0.15, 0.2) is 0 Å². The van der Waals surface area contributed by atoms with Gasteiger partial charge in [0.05, 0.1) is 36.2 Å². The van der Waals surface area contributed by atoms with Gasteiger partial charge in [0, 0.05) is 18.3 Å². The van der Waals surface area contributed by atoms with Gasteiger partial charge in [-0.05, 0) is 19.4 Å². The van der Waals surface area contributed by atoms with Crippen LogP contribution in [0.4, 0.5) is 8.78 Å². The van der Waals surface area contributed by atoms with Crippen molar-refractivity contribution in [2.45, 2.75) is 50.7 Å². The van der Waals surface area contributed by atoms with Crippen LogP contribution in [0.2, 0.25) is 0 Å². The van der Waals surface area contributed by atoms with E-state index in [0.29, 0.717) is 16.8 Å². The minimum absolute atomic E-state index is 0.0998. The van der Waals surface area contributed by atoms with Gasteiger partial charge in [0.2, 0.25) is 5.91 Å². The Morgan fingerprint density at radius 1 is 1.15 bits per heavy atom. The standard InChI is InChI=1S/C21H23F2N5O4S/c1-13-20(14(2)27(24-13)11-19(22)23)33(31,32)28-9-16-8-26(10-18(16)25-28)21(30)17(12-29)15-6-4-3-5-7-15/h3-7,9,17,19,29H,8,10-12H2,1-2H3/t17-/m0/s1. The second-order valence-electron chi connectivity index (χ2n) is 7.89. The molecule has 1 aliphatic rings. The quantitative estimate of drug-likeness (QED) is 0.554. The predicted molar refractivity (Wildman–Crippen MR) is 113 cm³/mol. The number of rotatable bonds is 7. The molecule has 0 saturated heterocycles. The number of aryl methyl sites for hydroxylation is 1. The summed E-state index contributed by atoms with van der Waals surface area (Å²) in [5.41, 5.74) is 1.89. The van der Waals surface area contributed by atoms with Crippen LogP contribution in [0.3, 0.4) is 0 Å². The average molecular weight is 480 g/mol. The number of amides is 1. The molecule has 33 heavy (non-hydrogen) atoms. The van der Waals surface area contributed by atoms with E-state index in [0.717, 1.165) is 8.77 Å². The minimum Gasteiger partial charge on any atom is -0.395 e. The van der Waals surface area contributed by atoms with Crippen LogP contribution in [0.15, 0.2) is 41.4 Å². The molecule has 9 nitrogen and oxygen atoms in total. The minimum atomic E-state index is -4.16. The van der Waals surface area contributed by atoms with Gasteiger partial charge >= 0.3 is 0 Å². The van der Waals surface area contributed by atoms with Crippen LogP contribution in [-0.4, -0.2) is 56.3 Å². The summed E-state index contributed by atoms with van der Waals surface area (Å²) in [6.07, 6.45) is -1.34.